The summed E-state index contributed by atoms with van der Waals surface area (Å²) >= 11 is 11.2. The van der Waals surface area contributed by atoms with E-state index in [1.165, 1.54) is 0 Å². The smallest absolute Gasteiger partial charge is 0.187 e. The zero-order valence-electron chi connectivity index (χ0n) is 5.41. The number of hydrogen-bond donors (Lipinski definition) is 0. The molecule has 0 rings (SSSR count). The van der Waals surface area contributed by atoms with E-state index in [1.807, 2.05) is 0 Å². The van der Waals surface area contributed by atoms with E-state index in [4.69, 9.17) is 11.6 Å². The maximum Gasteiger partial charge on any atom is 0.330 e. The van der Waals surface area contributed by atoms with Gasteiger partial charge in [-0.15, -0.1) is 11.6 Å². The van der Waals surface area contributed by atoms with Crippen molar-refractivity contribution in [2.45, 2.75) is 17.7 Å². The predicted octanol–water partition coefficient (Wildman–Crippen LogP) is 3.18. The summed E-state index contributed by atoms with van der Waals surface area (Å²) in [4.78, 5) is 0. The summed E-state index contributed by atoms with van der Waals surface area (Å²) in [7, 11) is 0. The Balaban J connectivity index is 3.21. The van der Waals surface area contributed by atoms with Gasteiger partial charge in [0, 0.05) is 11.1 Å². The molecule has 1 unspecified atom stereocenters. The number of hydrogen-bond acceptors (Lipinski definition) is 1. The van der Waals surface area contributed by atoms with E-state index in [1.54, 1.807) is 6.92 Å². The third-order valence-corrected chi connectivity index (χ3v) is 2.55. The number of rotatable bonds is 4. The van der Waals surface area contributed by atoms with Crippen LogP contribution >= 0.6 is 35.0 Å². The Kier molecular flexibility index (Phi) is 4.99. The topological polar surface area (TPSA) is 0 Å². The first kappa shape index (κ1) is 10.8. The molecule has 0 spiro atoms. The minimum absolute atomic E-state index is 0.0796. The maximum atomic E-state index is 11.9. The third kappa shape index (κ3) is 8.79. The molecule has 0 nitrogen and oxygen atoms in total. The summed E-state index contributed by atoms with van der Waals surface area (Å²) in [5, 5.41) is -3.17. The van der Waals surface area contributed by atoms with Crippen molar-refractivity contribution in [3.63, 3.8) is 0 Å². The molecule has 1 atom stereocenters. The molecule has 10 heavy (non-hydrogen) atoms. The Hall–Kier alpha value is 0.790. The first-order valence-corrected chi connectivity index (χ1v) is 4.67. The summed E-state index contributed by atoms with van der Waals surface area (Å²) in [6, 6.07) is 0. The lowest BCUT2D eigenvalue weighted by molar-refractivity contribution is 0.125. The van der Waals surface area contributed by atoms with Gasteiger partial charge in [0.05, 0.1) is 5.75 Å². The van der Waals surface area contributed by atoms with Crippen LogP contribution in [-0.2, 0) is 0 Å². The predicted molar refractivity (Wildman–Crippen MR) is 43.4 cm³/mol. The molecule has 0 N–H and O–H groups in total. The second kappa shape index (κ2) is 4.62. The standard InChI is InChI=1S/C5H8Cl2F2S/c1-4(6)2-10-3-5(7,8)9/h4H,2-3H2,1H3. The second-order valence-electron chi connectivity index (χ2n) is 1.91. The molecule has 0 bridgehead atoms. The lowest BCUT2D eigenvalue weighted by atomic mass is 10.6. The van der Waals surface area contributed by atoms with E-state index in [0.717, 1.165) is 11.8 Å². The van der Waals surface area contributed by atoms with E-state index in [2.05, 4.69) is 11.6 Å². The molecular formula is C5H8Cl2F2S. The highest BCUT2D eigenvalue weighted by Crippen LogP contribution is 2.24. The van der Waals surface area contributed by atoms with Crippen molar-refractivity contribution < 1.29 is 8.78 Å². The van der Waals surface area contributed by atoms with Crippen LogP contribution in [0.15, 0.2) is 0 Å². The minimum Gasteiger partial charge on any atom is -0.187 e. The van der Waals surface area contributed by atoms with Gasteiger partial charge in [-0.05, 0) is 18.5 Å². The van der Waals surface area contributed by atoms with Crippen LogP contribution in [-0.4, -0.2) is 22.3 Å². The fourth-order valence-electron chi connectivity index (χ4n) is 0.337. The molecule has 0 amide bonds. The van der Waals surface area contributed by atoms with Gasteiger partial charge in [0.2, 0.25) is 0 Å². The molecule has 0 aromatic rings. The molecule has 0 radical (unpaired) electrons. The fraction of sp³-hybridized carbons (Fsp3) is 1.00. The van der Waals surface area contributed by atoms with Gasteiger partial charge in [0.15, 0.2) is 0 Å². The van der Waals surface area contributed by atoms with Gasteiger partial charge in [-0.3, -0.25) is 0 Å². The SMILES string of the molecule is CC(Cl)CSCC(F)(F)Cl. The van der Waals surface area contributed by atoms with Crippen LogP contribution in [0.25, 0.3) is 0 Å². The highest BCUT2D eigenvalue weighted by Gasteiger charge is 2.24. The molecule has 0 fully saturated rings. The highest BCUT2D eigenvalue weighted by atomic mass is 35.5. The van der Waals surface area contributed by atoms with Gasteiger partial charge in [-0.2, -0.15) is 20.5 Å². The third-order valence-electron chi connectivity index (χ3n) is 0.613. The fourth-order valence-corrected chi connectivity index (χ4v) is 1.51. The average molecular weight is 209 g/mol. The van der Waals surface area contributed by atoms with E-state index < -0.39 is 5.38 Å². The summed E-state index contributed by atoms with van der Waals surface area (Å²) in [6.07, 6.45) is 0. The van der Waals surface area contributed by atoms with Crippen molar-refractivity contribution in [1.82, 2.24) is 0 Å². The summed E-state index contributed by atoms with van der Waals surface area (Å²) in [5.41, 5.74) is 0. The van der Waals surface area contributed by atoms with Crippen molar-refractivity contribution in [2.75, 3.05) is 11.5 Å². The van der Waals surface area contributed by atoms with E-state index in [0.29, 0.717) is 5.75 Å². The van der Waals surface area contributed by atoms with Crippen LogP contribution in [0.5, 0.6) is 0 Å². The van der Waals surface area contributed by atoms with Crippen molar-refractivity contribution in [3.05, 3.63) is 0 Å². The highest BCUT2D eigenvalue weighted by molar-refractivity contribution is 7.99. The van der Waals surface area contributed by atoms with Crippen LogP contribution in [0.1, 0.15) is 6.92 Å². The quantitative estimate of drug-likeness (QED) is 0.640. The molecule has 0 heterocycles. The monoisotopic (exact) mass is 208 g/mol. The van der Waals surface area contributed by atoms with Gasteiger partial charge >= 0.3 is 5.38 Å². The molecule has 5 heteroatoms. The van der Waals surface area contributed by atoms with Gasteiger partial charge in [0.25, 0.3) is 0 Å². The van der Waals surface area contributed by atoms with Gasteiger partial charge in [-0.25, -0.2) is 0 Å². The molecule has 0 aromatic heterocycles. The summed E-state index contributed by atoms with van der Waals surface area (Å²) in [6.45, 7) is 1.75. The van der Waals surface area contributed by atoms with Crippen molar-refractivity contribution in [3.8, 4) is 0 Å². The second-order valence-corrected chi connectivity index (χ2v) is 4.24. The Morgan fingerprint density at radius 2 is 2.10 bits per heavy atom. The molecule has 62 valence electrons. The Bertz CT molecular complexity index is 92.1. The number of halogens is 4. The molecule has 0 aliphatic carbocycles. The van der Waals surface area contributed by atoms with Crippen LogP contribution in [0, 0.1) is 0 Å². The molecule has 0 aromatic carbocycles. The molecule has 0 saturated heterocycles. The first-order chi connectivity index (χ1) is 4.42. The minimum atomic E-state index is -3.09. The van der Waals surface area contributed by atoms with Crippen molar-refractivity contribution in [2.24, 2.45) is 0 Å². The van der Waals surface area contributed by atoms with Gasteiger partial charge in [-0.1, -0.05) is 0 Å². The van der Waals surface area contributed by atoms with Crippen LogP contribution in [0.4, 0.5) is 8.78 Å². The lowest BCUT2D eigenvalue weighted by Crippen LogP contribution is -2.10. The zero-order valence-corrected chi connectivity index (χ0v) is 7.74. The summed E-state index contributed by atoms with van der Waals surface area (Å²) < 4.78 is 23.7. The number of thioether (sulfide) groups is 1. The Morgan fingerprint density at radius 1 is 1.60 bits per heavy atom. The molecule has 0 saturated carbocycles. The van der Waals surface area contributed by atoms with Crippen molar-refractivity contribution >= 4 is 35.0 Å². The average Bonchev–Trinajstić information content (AvgIpc) is 1.59. The Labute approximate surface area is 73.3 Å². The van der Waals surface area contributed by atoms with Crippen LogP contribution in [0.2, 0.25) is 0 Å². The largest absolute Gasteiger partial charge is 0.330 e. The molecule has 0 aliphatic heterocycles. The van der Waals surface area contributed by atoms with E-state index in [-0.39, 0.29) is 11.1 Å². The van der Waals surface area contributed by atoms with Crippen LogP contribution < -0.4 is 0 Å². The van der Waals surface area contributed by atoms with Gasteiger partial charge in [0.1, 0.15) is 0 Å². The maximum absolute atomic E-state index is 11.9. The molecular weight excluding hydrogens is 201 g/mol. The number of alkyl halides is 4. The van der Waals surface area contributed by atoms with Crippen molar-refractivity contribution in [1.29, 1.82) is 0 Å². The summed E-state index contributed by atoms with van der Waals surface area (Å²) in [5.74, 6) is 0.134. The molecule has 0 aliphatic rings. The zero-order chi connectivity index (χ0) is 8.20. The normalized spacial score (nSPS) is 15.3. The first-order valence-electron chi connectivity index (χ1n) is 2.70. The van der Waals surface area contributed by atoms with E-state index in [9.17, 15) is 8.78 Å². The van der Waals surface area contributed by atoms with E-state index >= 15 is 0 Å². The Morgan fingerprint density at radius 3 is 2.40 bits per heavy atom. The lowest BCUT2D eigenvalue weighted by Gasteiger charge is -2.07. The van der Waals surface area contributed by atoms with Crippen LogP contribution in [0.3, 0.4) is 0 Å². The van der Waals surface area contributed by atoms with Gasteiger partial charge < -0.3 is 0 Å².